The fraction of sp³-hybridized carbons (Fsp3) is 0.0889. The lowest BCUT2D eigenvalue weighted by atomic mass is 9.97. The van der Waals surface area contributed by atoms with Crippen LogP contribution in [0.25, 0.3) is 72.9 Å². The van der Waals surface area contributed by atoms with E-state index in [-0.39, 0.29) is 0 Å². The molecule has 4 nitrogen and oxygen atoms in total. The van der Waals surface area contributed by atoms with E-state index < -0.39 is 0 Å². The molecule has 0 amide bonds. The highest BCUT2D eigenvalue weighted by molar-refractivity contribution is 5.84. The molecule has 9 rings (SSSR count). The first-order valence-electron chi connectivity index (χ1n) is 17.1. The second-order valence-electron chi connectivity index (χ2n) is 12.7. The van der Waals surface area contributed by atoms with Crippen LogP contribution in [0.4, 0.5) is 0 Å². The van der Waals surface area contributed by atoms with Crippen molar-refractivity contribution in [2.75, 3.05) is 0 Å². The van der Waals surface area contributed by atoms with Crippen LogP contribution in [0.3, 0.4) is 0 Å². The molecule has 234 valence electrons. The molecule has 0 N–H and O–H groups in total. The second kappa shape index (κ2) is 12.5. The molecule has 0 saturated heterocycles. The molecule has 0 saturated carbocycles. The first-order chi connectivity index (χ1) is 24.3. The quantitative estimate of drug-likeness (QED) is 0.184. The van der Waals surface area contributed by atoms with Crippen molar-refractivity contribution in [3.63, 3.8) is 0 Å². The average Bonchev–Trinajstić information content (AvgIpc) is 3.53. The molecule has 0 spiro atoms. The van der Waals surface area contributed by atoms with Crippen LogP contribution in [0.15, 0.2) is 158 Å². The Balaban J connectivity index is 1.12. The van der Waals surface area contributed by atoms with Crippen LogP contribution in [0.5, 0.6) is 0 Å². The minimum atomic E-state index is 0.708. The molecule has 0 atom stereocenters. The molecule has 49 heavy (non-hydrogen) atoms. The van der Waals surface area contributed by atoms with Gasteiger partial charge in [-0.25, -0.2) is 9.97 Å². The van der Waals surface area contributed by atoms with Crippen LogP contribution in [0.1, 0.15) is 24.1 Å². The van der Waals surface area contributed by atoms with Crippen LogP contribution >= 0.6 is 0 Å². The second-order valence-corrected chi connectivity index (χ2v) is 12.7. The van der Waals surface area contributed by atoms with Crippen molar-refractivity contribution >= 4 is 11.0 Å². The summed E-state index contributed by atoms with van der Waals surface area (Å²) >= 11 is 0. The van der Waals surface area contributed by atoms with Gasteiger partial charge in [-0.1, -0.05) is 121 Å². The molecule has 1 aliphatic carbocycles. The highest BCUT2D eigenvalue weighted by Crippen LogP contribution is 2.35. The zero-order chi connectivity index (χ0) is 32.6. The molecule has 5 aromatic carbocycles. The third-order valence-electron chi connectivity index (χ3n) is 9.71. The van der Waals surface area contributed by atoms with Crippen LogP contribution < -0.4 is 0 Å². The number of aromatic nitrogens is 4. The van der Waals surface area contributed by atoms with Gasteiger partial charge in [-0.2, -0.15) is 0 Å². The van der Waals surface area contributed by atoms with Gasteiger partial charge < -0.3 is 4.57 Å². The summed E-state index contributed by atoms with van der Waals surface area (Å²) < 4.78 is 2.42. The van der Waals surface area contributed by atoms with Crippen molar-refractivity contribution in [2.45, 2.75) is 25.7 Å². The van der Waals surface area contributed by atoms with Gasteiger partial charge in [0.25, 0.3) is 0 Å². The van der Waals surface area contributed by atoms with E-state index in [1.54, 1.807) is 0 Å². The Hall–Kier alpha value is -6.13. The summed E-state index contributed by atoms with van der Waals surface area (Å²) in [6.45, 7) is 0. The molecule has 0 bridgehead atoms. The summed E-state index contributed by atoms with van der Waals surface area (Å²) in [5, 5.41) is 0. The third-order valence-corrected chi connectivity index (χ3v) is 9.71. The Morgan fingerprint density at radius 1 is 0.449 bits per heavy atom. The normalized spacial score (nSPS) is 12.6. The van der Waals surface area contributed by atoms with E-state index >= 15 is 0 Å². The summed E-state index contributed by atoms with van der Waals surface area (Å²) in [7, 11) is 0. The highest BCUT2D eigenvalue weighted by Gasteiger charge is 2.22. The van der Waals surface area contributed by atoms with E-state index in [1.807, 2.05) is 24.4 Å². The summed E-state index contributed by atoms with van der Waals surface area (Å²) in [5.74, 6) is 0.708. The van der Waals surface area contributed by atoms with Crippen molar-refractivity contribution in [1.82, 2.24) is 19.5 Å². The SMILES string of the molecule is c1ccc(-c2ccc(-c3cc(-c4ccc(-n5c6c(c7ncccc75)CCCC6)cc4)nc(-c4ccc(-c5ccccc5)cc4)n3)cc2)cc1. The largest absolute Gasteiger partial charge is 0.312 e. The standard InChI is InChI=1S/C45H34N4/c1-3-10-31(11-4-1)33-17-21-35(22-18-33)40-30-41(48-45(47-40)37-23-19-34(20-24-37)32-12-5-2-6-13-32)36-25-27-38(28-26-36)49-42-15-8-7-14-39(42)44-43(49)16-9-29-46-44/h1-6,9-13,16-30H,7-8,14-15H2. The first kappa shape index (κ1) is 29.0. The number of benzene rings is 5. The third kappa shape index (κ3) is 5.51. The Morgan fingerprint density at radius 3 is 1.57 bits per heavy atom. The smallest absolute Gasteiger partial charge is 0.160 e. The fourth-order valence-electron chi connectivity index (χ4n) is 7.20. The highest BCUT2D eigenvalue weighted by atomic mass is 15.0. The van der Waals surface area contributed by atoms with E-state index in [0.717, 1.165) is 52.1 Å². The molecule has 1 aliphatic rings. The Morgan fingerprint density at radius 2 is 0.959 bits per heavy atom. The van der Waals surface area contributed by atoms with Gasteiger partial charge in [-0.05, 0) is 83.8 Å². The molecular formula is C45H34N4. The molecule has 0 unspecified atom stereocenters. The lowest BCUT2D eigenvalue weighted by molar-refractivity contribution is 0.666. The van der Waals surface area contributed by atoms with Gasteiger partial charge in [0.05, 0.1) is 22.4 Å². The van der Waals surface area contributed by atoms with Gasteiger partial charge in [-0.15, -0.1) is 0 Å². The molecule has 0 aliphatic heterocycles. The first-order valence-corrected chi connectivity index (χ1v) is 17.1. The van der Waals surface area contributed by atoms with Gasteiger partial charge >= 0.3 is 0 Å². The summed E-state index contributed by atoms with van der Waals surface area (Å²) in [6, 6.07) is 53.4. The van der Waals surface area contributed by atoms with Gasteiger partial charge in [0, 0.05) is 34.3 Å². The zero-order valence-corrected chi connectivity index (χ0v) is 27.1. The van der Waals surface area contributed by atoms with Gasteiger partial charge in [-0.3, -0.25) is 4.98 Å². The number of hydrogen-bond acceptors (Lipinski definition) is 3. The molecule has 4 heteroatoms. The summed E-state index contributed by atoms with van der Waals surface area (Å²) in [4.78, 5) is 15.1. The maximum atomic E-state index is 5.15. The summed E-state index contributed by atoms with van der Waals surface area (Å²) in [5.41, 5.74) is 15.9. The Bertz CT molecular complexity index is 2290. The molecule has 3 heterocycles. The number of hydrogen-bond donors (Lipinski definition) is 0. The number of nitrogens with zero attached hydrogens (tertiary/aromatic N) is 4. The number of pyridine rings is 1. The lowest BCUT2D eigenvalue weighted by Gasteiger charge is -2.16. The fourth-order valence-corrected chi connectivity index (χ4v) is 7.20. The van der Waals surface area contributed by atoms with Crippen molar-refractivity contribution in [3.05, 3.63) is 169 Å². The van der Waals surface area contributed by atoms with Crippen molar-refractivity contribution < 1.29 is 0 Å². The maximum Gasteiger partial charge on any atom is 0.160 e. The topological polar surface area (TPSA) is 43.6 Å². The predicted octanol–water partition coefficient (Wildman–Crippen LogP) is 11.0. The minimum Gasteiger partial charge on any atom is -0.312 e. The summed E-state index contributed by atoms with van der Waals surface area (Å²) in [6.07, 6.45) is 6.53. The van der Waals surface area contributed by atoms with Crippen LogP contribution in [0, 0.1) is 0 Å². The molecule has 0 radical (unpaired) electrons. The molecule has 8 aromatic rings. The Labute approximate surface area is 286 Å². The van der Waals surface area contributed by atoms with Gasteiger partial charge in [0.1, 0.15) is 0 Å². The van der Waals surface area contributed by atoms with E-state index in [1.165, 1.54) is 51.9 Å². The van der Waals surface area contributed by atoms with E-state index in [4.69, 9.17) is 15.0 Å². The van der Waals surface area contributed by atoms with Gasteiger partial charge in [0.2, 0.25) is 0 Å². The average molecular weight is 631 g/mol. The van der Waals surface area contributed by atoms with Crippen LogP contribution in [-0.2, 0) is 12.8 Å². The minimum absolute atomic E-state index is 0.708. The van der Waals surface area contributed by atoms with E-state index in [2.05, 4.69) is 138 Å². The van der Waals surface area contributed by atoms with Crippen LogP contribution in [0.2, 0.25) is 0 Å². The van der Waals surface area contributed by atoms with E-state index in [9.17, 15) is 0 Å². The maximum absolute atomic E-state index is 5.15. The molecule has 3 aromatic heterocycles. The van der Waals surface area contributed by atoms with Gasteiger partial charge in [0.15, 0.2) is 5.82 Å². The molecule has 0 fully saturated rings. The van der Waals surface area contributed by atoms with E-state index in [0.29, 0.717) is 5.82 Å². The lowest BCUT2D eigenvalue weighted by Crippen LogP contribution is -2.06. The molecular weight excluding hydrogens is 597 g/mol. The zero-order valence-electron chi connectivity index (χ0n) is 27.1. The van der Waals surface area contributed by atoms with Crippen molar-refractivity contribution in [3.8, 4) is 61.8 Å². The number of fused-ring (bicyclic) bond motifs is 3. The van der Waals surface area contributed by atoms with Crippen molar-refractivity contribution in [2.24, 2.45) is 0 Å². The van der Waals surface area contributed by atoms with Crippen LogP contribution in [-0.4, -0.2) is 19.5 Å². The monoisotopic (exact) mass is 630 g/mol. The number of rotatable bonds is 6. The van der Waals surface area contributed by atoms with Crippen molar-refractivity contribution in [1.29, 1.82) is 0 Å². The number of aryl methyl sites for hydroxylation is 1. The Kier molecular flexibility index (Phi) is 7.39. The predicted molar refractivity (Wildman–Crippen MR) is 200 cm³/mol.